The number of hydrogen-bond acceptors (Lipinski definition) is 4. The van der Waals surface area contributed by atoms with E-state index in [1.807, 2.05) is 24.3 Å². The fourth-order valence-corrected chi connectivity index (χ4v) is 3.24. The van der Waals surface area contributed by atoms with Crippen LogP contribution in [0.3, 0.4) is 0 Å². The second-order valence-electron chi connectivity index (χ2n) is 6.37. The Morgan fingerprint density at radius 1 is 1.12 bits per heavy atom. The molecule has 1 heterocycles. The van der Waals surface area contributed by atoms with Crippen LogP contribution in [0, 0.1) is 0 Å². The second kappa shape index (κ2) is 7.51. The van der Waals surface area contributed by atoms with Crippen molar-refractivity contribution in [2.45, 2.75) is 44.6 Å². The van der Waals surface area contributed by atoms with Crippen molar-refractivity contribution in [1.82, 2.24) is 9.13 Å². The van der Waals surface area contributed by atoms with Crippen LogP contribution >= 0.6 is 0 Å². The lowest BCUT2D eigenvalue weighted by Gasteiger charge is -2.21. The highest BCUT2D eigenvalue weighted by molar-refractivity contribution is 5.79. The molecule has 0 unspecified atom stereocenters. The lowest BCUT2D eigenvalue weighted by atomic mass is 9.94. The normalized spacial score (nSPS) is 15.3. The summed E-state index contributed by atoms with van der Waals surface area (Å²) < 4.78 is 7.98. The molecule has 1 aliphatic rings. The van der Waals surface area contributed by atoms with Crippen LogP contribution in [-0.2, 0) is 20.7 Å². The first-order valence-electron chi connectivity index (χ1n) is 8.56. The molecule has 1 saturated carbocycles. The van der Waals surface area contributed by atoms with E-state index in [9.17, 15) is 14.4 Å². The van der Waals surface area contributed by atoms with Gasteiger partial charge in [0.1, 0.15) is 5.78 Å². The molecule has 1 aromatic heterocycles. The summed E-state index contributed by atoms with van der Waals surface area (Å²) in [5, 5.41) is 0. The van der Waals surface area contributed by atoms with Crippen molar-refractivity contribution in [3.8, 4) is 5.69 Å². The highest BCUT2D eigenvalue weighted by Gasteiger charge is 2.22. The molecule has 0 bridgehead atoms. The van der Waals surface area contributed by atoms with Gasteiger partial charge >= 0.3 is 11.7 Å². The van der Waals surface area contributed by atoms with Crippen LogP contribution in [0.5, 0.6) is 0 Å². The number of esters is 1. The highest BCUT2D eigenvalue weighted by Crippen LogP contribution is 2.25. The van der Waals surface area contributed by atoms with Gasteiger partial charge in [0.15, 0.2) is 0 Å². The van der Waals surface area contributed by atoms with Gasteiger partial charge in [0.25, 0.3) is 0 Å². The number of aromatic nitrogens is 2. The number of hydrogen-bond donors (Lipinski definition) is 0. The fourth-order valence-electron chi connectivity index (χ4n) is 3.24. The number of nitrogens with zero attached hydrogens (tertiary/aromatic N) is 2. The van der Waals surface area contributed by atoms with Gasteiger partial charge in [0.2, 0.25) is 0 Å². The molecular weight excluding hydrogens is 320 g/mol. The SMILES string of the molecule is COC(=O)CCc1ccc(-n2ccn(C3CCC(=O)CC3)c2=O)cc1. The number of aryl methyl sites for hydroxylation is 1. The standard InChI is InChI=1S/C19H22N2O4/c1-25-18(23)11-4-14-2-5-15(6-3-14)20-12-13-21(19(20)24)16-7-9-17(22)10-8-16/h2-3,5-6,12-13,16H,4,7-11H2,1H3. The van der Waals surface area contributed by atoms with Crippen molar-refractivity contribution in [2.75, 3.05) is 7.11 Å². The van der Waals surface area contributed by atoms with Gasteiger partial charge in [-0.25, -0.2) is 4.79 Å². The number of rotatable bonds is 5. The molecule has 0 saturated heterocycles. The van der Waals surface area contributed by atoms with Crippen molar-refractivity contribution in [1.29, 1.82) is 0 Å². The maximum absolute atomic E-state index is 12.7. The van der Waals surface area contributed by atoms with E-state index in [-0.39, 0.29) is 23.5 Å². The van der Waals surface area contributed by atoms with Crippen LogP contribution in [0.2, 0.25) is 0 Å². The quantitative estimate of drug-likeness (QED) is 0.783. The second-order valence-corrected chi connectivity index (χ2v) is 6.37. The van der Waals surface area contributed by atoms with E-state index >= 15 is 0 Å². The Labute approximate surface area is 146 Å². The molecule has 1 aliphatic carbocycles. The summed E-state index contributed by atoms with van der Waals surface area (Å²) in [7, 11) is 1.38. The van der Waals surface area contributed by atoms with Gasteiger partial charge in [0.05, 0.1) is 12.8 Å². The largest absolute Gasteiger partial charge is 0.469 e. The van der Waals surface area contributed by atoms with Gasteiger partial charge < -0.3 is 4.74 Å². The molecule has 132 valence electrons. The summed E-state index contributed by atoms with van der Waals surface area (Å²) in [6.07, 6.45) is 7.08. The Kier molecular flexibility index (Phi) is 5.16. The zero-order chi connectivity index (χ0) is 17.8. The van der Waals surface area contributed by atoms with Gasteiger partial charge in [-0.1, -0.05) is 12.1 Å². The average Bonchev–Trinajstić information content (AvgIpc) is 3.02. The minimum atomic E-state index is -0.233. The Hall–Kier alpha value is -2.63. The van der Waals surface area contributed by atoms with Crippen LogP contribution in [0.25, 0.3) is 5.69 Å². The summed E-state index contributed by atoms with van der Waals surface area (Å²) >= 11 is 0. The van der Waals surface area contributed by atoms with Crippen LogP contribution in [0.1, 0.15) is 43.7 Å². The average molecular weight is 342 g/mol. The third-order valence-corrected chi connectivity index (χ3v) is 4.77. The maximum Gasteiger partial charge on any atom is 0.332 e. The molecule has 6 heteroatoms. The van der Waals surface area contributed by atoms with Crippen LogP contribution in [-0.4, -0.2) is 28.0 Å². The summed E-state index contributed by atoms with van der Waals surface area (Å²) in [5.41, 5.74) is 1.73. The first-order chi connectivity index (χ1) is 12.1. The molecule has 0 atom stereocenters. The van der Waals surface area contributed by atoms with E-state index in [2.05, 4.69) is 4.74 Å². The van der Waals surface area contributed by atoms with Gasteiger partial charge in [-0.15, -0.1) is 0 Å². The van der Waals surface area contributed by atoms with Crippen molar-refractivity contribution < 1.29 is 14.3 Å². The third-order valence-electron chi connectivity index (χ3n) is 4.77. The molecule has 1 aromatic carbocycles. The van der Waals surface area contributed by atoms with Crippen molar-refractivity contribution in [3.63, 3.8) is 0 Å². The fraction of sp³-hybridized carbons (Fsp3) is 0.421. The predicted molar refractivity (Wildman–Crippen MR) is 92.9 cm³/mol. The lowest BCUT2D eigenvalue weighted by molar-refractivity contribution is -0.140. The monoisotopic (exact) mass is 342 g/mol. The molecule has 0 amide bonds. The third kappa shape index (κ3) is 3.90. The molecule has 2 aromatic rings. The number of carbonyl (C=O) groups excluding carboxylic acids is 2. The summed E-state index contributed by atoms with van der Waals surface area (Å²) in [6.45, 7) is 0. The summed E-state index contributed by atoms with van der Waals surface area (Å²) in [6, 6.07) is 7.69. The molecule has 25 heavy (non-hydrogen) atoms. The van der Waals surface area contributed by atoms with E-state index in [1.54, 1.807) is 21.5 Å². The number of ketones is 1. The van der Waals surface area contributed by atoms with Crippen LogP contribution < -0.4 is 5.69 Å². The Morgan fingerprint density at radius 2 is 1.80 bits per heavy atom. The van der Waals surface area contributed by atoms with E-state index in [1.165, 1.54) is 7.11 Å². The number of ether oxygens (including phenoxy) is 1. The maximum atomic E-state index is 12.7. The highest BCUT2D eigenvalue weighted by atomic mass is 16.5. The minimum Gasteiger partial charge on any atom is -0.469 e. The molecular formula is C19H22N2O4. The molecule has 0 radical (unpaired) electrons. The lowest BCUT2D eigenvalue weighted by Crippen LogP contribution is -2.29. The molecule has 0 spiro atoms. The zero-order valence-electron chi connectivity index (χ0n) is 14.3. The van der Waals surface area contributed by atoms with Crippen molar-refractivity contribution >= 4 is 11.8 Å². The summed E-state index contributed by atoms with van der Waals surface area (Å²) in [4.78, 5) is 35.2. The van der Waals surface area contributed by atoms with Crippen molar-refractivity contribution in [2.24, 2.45) is 0 Å². The van der Waals surface area contributed by atoms with Gasteiger partial charge in [-0.2, -0.15) is 0 Å². The van der Waals surface area contributed by atoms with E-state index in [0.29, 0.717) is 25.7 Å². The summed E-state index contributed by atoms with van der Waals surface area (Å²) in [5.74, 6) is 0.0506. The minimum absolute atomic E-state index is 0.0818. The zero-order valence-corrected chi connectivity index (χ0v) is 14.3. The number of benzene rings is 1. The number of carbonyl (C=O) groups is 2. The van der Waals surface area contributed by atoms with E-state index in [0.717, 1.165) is 24.1 Å². The van der Waals surface area contributed by atoms with Crippen LogP contribution in [0.4, 0.5) is 0 Å². The van der Waals surface area contributed by atoms with Gasteiger partial charge in [-0.3, -0.25) is 18.7 Å². The van der Waals surface area contributed by atoms with Crippen LogP contribution in [0.15, 0.2) is 41.5 Å². The predicted octanol–water partition coefficient (Wildman–Crippen LogP) is 2.43. The number of Topliss-reactive ketones (excluding diaryl/α,β-unsaturated/α-hetero) is 1. The van der Waals surface area contributed by atoms with Gasteiger partial charge in [0, 0.05) is 37.7 Å². The molecule has 0 aliphatic heterocycles. The van der Waals surface area contributed by atoms with E-state index < -0.39 is 0 Å². The van der Waals surface area contributed by atoms with E-state index in [4.69, 9.17) is 0 Å². The molecule has 6 nitrogen and oxygen atoms in total. The smallest absolute Gasteiger partial charge is 0.332 e. The molecule has 1 fully saturated rings. The number of methoxy groups -OCH3 is 1. The van der Waals surface area contributed by atoms with Gasteiger partial charge in [-0.05, 0) is 37.0 Å². The first-order valence-corrected chi connectivity index (χ1v) is 8.56. The Bertz CT molecular complexity index is 807. The van der Waals surface area contributed by atoms with Crippen molar-refractivity contribution in [3.05, 3.63) is 52.7 Å². The topological polar surface area (TPSA) is 70.3 Å². The first kappa shape index (κ1) is 17.2. The number of imidazole rings is 1. The Balaban J connectivity index is 1.73. The molecule has 0 N–H and O–H groups in total. The molecule has 3 rings (SSSR count). The Morgan fingerprint density at radius 3 is 2.44 bits per heavy atom.